The number of nitro groups is 1. The van der Waals surface area contributed by atoms with Crippen molar-refractivity contribution in [2.24, 2.45) is 5.84 Å². The molecule has 0 saturated heterocycles. The number of nitrogens with one attached hydrogen (secondary N) is 1. The minimum absolute atomic E-state index is 0.0239. The summed E-state index contributed by atoms with van der Waals surface area (Å²) in [6.07, 6.45) is 0. The molecular formula is C13H22N4O3. The van der Waals surface area contributed by atoms with Crippen LogP contribution in [0.25, 0.3) is 0 Å². The van der Waals surface area contributed by atoms with E-state index in [0.29, 0.717) is 18.8 Å². The Balaban J connectivity index is 2.89. The van der Waals surface area contributed by atoms with Gasteiger partial charge in [0.2, 0.25) is 0 Å². The van der Waals surface area contributed by atoms with E-state index in [2.05, 4.69) is 24.2 Å². The van der Waals surface area contributed by atoms with E-state index in [1.54, 1.807) is 19.2 Å². The lowest BCUT2D eigenvalue weighted by Crippen LogP contribution is -2.35. The second-order valence-electron chi connectivity index (χ2n) is 4.62. The predicted octanol–water partition coefficient (Wildman–Crippen LogP) is 1.74. The Morgan fingerprint density at radius 1 is 1.55 bits per heavy atom. The van der Waals surface area contributed by atoms with Gasteiger partial charge in [0, 0.05) is 25.8 Å². The minimum atomic E-state index is -0.454. The van der Waals surface area contributed by atoms with E-state index in [9.17, 15) is 10.1 Å². The molecule has 3 N–H and O–H groups in total. The Kier molecular flexibility index (Phi) is 6.37. The Hall–Kier alpha value is -1.70. The Labute approximate surface area is 118 Å². The average molecular weight is 282 g/mol. The number of benzene rings is 1. The molecule has 7 nitrogen and oxygen atoms in total. The largest absolute Gasteiger partial charge is 0.383 e. The molecule has 112 valence electrons. The molecule has 0 aliphatic carbocycles. The van der Waals surface area contributed by atoms with E-state index in [0.717, 1.165) is 12.1 Å². The van der Waals surface area contributed by atoms with Crippen LogP contribution >= 0.6 is 0 Å². The van der Waals surface area contributed by atoms with Gasteiger partial charge in [-0.05, 0) is 25.1 Å². The Morgan fingerprint density at radius 2 is 2.25 bits per heavy atom. The summed E-state index contributed by atoms with van der Waals surface area (Å²) < 4.78 is 5.16. The maximum Gasteiger partial charge on any atom is 0.293 e. The first-order valence-electron chi connectivity index (χ1n) is 6.50. The molecule has 1 unspecified atom stereocenters. The number of nitrogens with zero attached hydrogens (tertiary/aromatic N) is 2. The van der Waals surface area contributed by atoms with Crippen molar-refractivity contribution < 1.29 is 9.66 Å². The number of hydrogen-bond acceptors (Lipinski definition) is 6. The van der Waals surface area contributed by atoms with E-state index in [-0.39, 0.29) is 11.7 Å². The summed E-state index contributed by atoms with van der Waals surface area (Å²) in [4.78, 5) is 12.6. The number of hydrogen-bond donors (Lipinski definition) is 2. The third-order valence-corrected chi connectivity index (χ3v) is 3.24. The minimum Gasteiger partial charge on any atom is -0.383 e. The van der Waals surface area contributed by atoms with Crippen LogP contribution in [-0.2, 0) is 11.3 Å². The van der Waals surface area contributed by atoms with Gasteiger partial charge >= 0.3 is 0 Å². The monoisotopic (exact) mass is 282 g/mol. The molecule has 0 aliphatic heterocycles. The fourth-order valence-electron chi connectivity index (χ4n) is 2.12. The fourth-order valence-corrected chi connectivity index (χ4v) is 2.12. The second-order valence-corrected chi connectivity index (χ2v) is 4.62. The van der Waals surface area contributed by atoms with Crippen LogP contribution in [0.1, 0.15) is 19.4 Å². The van der Waals surface area contributed by atoms with Crippen molar-refractivity contribution in [1.29, 1.82) is 0 Å². The lowest BCUT2D eigenvalue weighted by molar-refractivity contribution is -0.384. The number of nitrogens with two attached hydrogens (primary N) is 1. The van der Waals surface area contributed by atoms with Crippen molar-refractivity contribution in [1.82, 2.24) is 4.90 Å². The van der Waals surface area contributed by atoms with Crippen molar-refractivity contribution >= 4 is 11.4 Å². The zero-order chi connectivity index (χ0) is 15.1. The van der Waals surface area contributed by atoms with E-state index >= 15 is 0 Å². The fraction of sp³-hybridized carbons (Fsp3) is 0.538. The molecule has 0 bridgehead atoms. The third kappa shape index (κ3) is 4.16. The van der Waals surface area contributed by atoms with Crippen LogP contribution in [0.4, 0.5) is 11.4 Å². The van der Waals surface area contributed by atoms with E-state index in [4.69, 9.17) is 10.6 Å². The summed E-state index contributed by atoms with van der Waals surface area (Å²) in [5, 5.41) is 10.8. The first kappa shape index (κ1) is 16.4. The maximum atomic E-state index is 10.8. The zero-order valence-electron chi connectivity index (χ0n) is 12.1. The van der Waals surface area contributed by atoms with Crippen LogP contribution in [0.5, 0.6) is 0 Å². The van der Waals surface area contributed by atoms with Gasteiger partial charge < -0.3 is 10.2 Å². The highest BCUT2D eigenvalue weighted by atomic mass is 16.6. The number of nitro benzene ring substituents is 1. The zero-order valence-corrected chi connectivity index (χ0v) is 12.1. The molecule has 1 atom stereocenters. The van der Waals surface area contributed by atoms with Crippen LogP contribution in [0.3, 0.4) is 0 Å². The quantitative estimate of drug-likeness (QED) is 0.428. The highest BCUT2D eigenvalue weighted by Crippen LogP contribution is 2.25. The maximum absolute atomic E-state index is 10.8. The van der Waals surface area contributed by atoms with E-state index < -0.39 is 4.92 Å². The van der Waals surface area contributed by atoms with Gasteiger partial charge in [-0.25, -0.2) is 0 Å². The number of rotatable bonds is 8. The van der Waals surface area contributed by atoms with Crippen molar-refractivity contribution in [3.63, 3.8) is 0 Å². The highest BCUT2D eigenvalue weighted by Gasteiger charge is 2.16. The molecule has 0 aliphatic rings. The van der Waals surface area contributed by atoms with Crippen molar-refractivity contribution in [3.05, 3.63) is 33.9 Å². The number of hydrazine groups is 1. The number of methoxy groups -OCH3 is 1. The van der Waals surface area contributed by atoms with Crippen LogP contribution in [0.2, 0.25) is 0 Å². The van der Waals surface area contributed by atoms with E-state index in [1.807, 2.05) is 0 Å². The predicted molar refractivity (Wildman–Crippen MR) is 78.3 cm³/mol. The second kappa shape index (κ2) is 7.78. The van der Waals surface area contributed by atoms with Crippen LogP contribution in [0.15, 0.2) is 18.2 Å². The van der Waals surface area contributed by atoms with Crippen molar-refractivity contribution in [2.75, 3.05) is 25.7 Å². The molecule has 1 aromatic carbocycles. The summed E-state index contributed by atoms with van der Waals surface area (Å²) in [7, 11) is 1.67. The van der Waals surface area contributed by atoms with Gasteiger partial charge in [-0.2, -0.15) is 0 Å². The van der Waals surface area contributed by atoms with Crippen LogP contribution in [-0.4, -0.2) is 36.1 Å². The number of likely N-dealkylation sites (N-methyl/N-ethyl adjacent to an activating group) is 1. The summed E-state index contributed by atoms with van der Waals surface area (Å²) in [6, 6.07) is 5.20. The number of ether oxygens (including phenoxy) is 1. The van der Waals surface area contributed by atoms with Gasteiger partial charge in [0.05, 0.1) is 11.5 Å². The van der Waals surface area contributed by atoms with Crippen molar-refractivity contribution in [2.45, 2.75) is 26.4 Å². The number of anilines is 1. The lowest BCUT2D eigenvalue weighted by atomic mass is 10.1. The van der Waals surface area contributed by atoms with Crippen LogP contribution < -0.4 is 11.3 Å². The number of nitrogen functional groups attached to an aromatic ring is 1. The highest BCUT2D eigenvalue weighted by molar-refractivity contribution is 5.62. The normalized spacial score (nSPS) is 12.4. The molecule has 0 saturated carbocycles. The molecule has 0 heterocycles. The summed E-state index contributed by atoms with van der Waals surface area (Å²) >= 11 is 0. The SMILES string of the molecule is CCN(Cc1ccc([N+](=O)[O-])c(NN)c1)C(C)COC. The summed E-state index contributed by atoms with van der Waals surface area (Å²) in [5.41, 5.74) is 3.64. The molecule has 7 heteroatoms. The molecule has 0 amide bonds. The first-order chi connectivity index (χ1) is 9.53. The first-order valence-corrected chi connectivity index (χ1v) is 6.50. The summed E-state index contributed by atoms with van der Waals surface area (Å²) in [5.74, 6) is 5.34. The Bertz CT molecular complexity index is 453. The van der Waals surface area contributed by atoms with Gasteiger partial charge in [0.1, 0.15) is 5.69 Å². The molecule has 1 aromatic rings. The molecular weight excluding hydrogens is 260 g/mol. The molecule has 20 heavy (non-hydrogen) atoms. The van der Waals surface area contributed by atoms with Crippen LogP contribution in [0, 0.1) is 10.1 Å². The average Bonchev–Trinajstić information content (AvgIpc) is 2.44. The van der Waals surface area contributed by atoms with Gasteiger partial charge in [0.15, 0.2) is 0 Å². The van der Waals surface area contributed by atoms with Gasteiger partial charge in [-0.15, -0.1) is 0 Å². The standard InChI is InChI=1S/C13H22N4O3/c1-4-16(10(2)9-20-3)8-11-5-6-13(17(18)19)12(7-11)15-14/h5-7,10,15H,4,8-9,14H2,1-3H3. The Morgan fingerprint density at radius 3 is 2.75 bits per heavy atom. The van der Waals surface area contributed by atoms with Gasteiger partial charge in [0.25, 0.3) is 5.69 Å². The molecule has 0 fully saturated rings. The smallest absolute Gasteiger partial charge is 0.293 e. The van der Waals surface area contributed by atoms with Gasteiger partial charge in [-0.1, -0.05) is 13.0 Å². The molecule has 0 radical (unpaired) electrons. The molecule has 1 rings (SSSR count). The topological polar surface area (TPSA) is 93.7 Å². The summed E-state index contributed by atoms with van der Waals surface area (Å²) in [6.45, 7) is 6.35. The third-order valence-electron chi connectivity index (χ3n) is 3.24. The van der Waals surface area contributed by atoms with E-state index in [1.165, 1.54) is 6.07 Å². The lowest BCUT2D eigenvalue weighted by Gasteiger charge is -2.27. The van der Waals surface area contributed by atoms with Crippen molar-refractivity contribution in [3.8, 4) is 0 Å². The molecule has 0 spiro atoms. The van der Waals surface area contributed by atoms with Gasteiger partial charge in [-0.3, -0.25) is 20.9 Å². The molecule has 0 aromatic heterocycles.